The third kappa shape index (κ3) is 6.22. The topological polar surface area (TPSA) is 98.4 Å². The Kier molecular flexibility index (Phi) is 7.22. The molecule has 198 valence electrons. The summed E-state index contributed by atoms with van der Waals surface area (Å²) in [5.74, 6) is -1.98. The number of benzene rings is 2. The van der Waals surface area contributed by atoms with E-state index in [4.69, 9.17) is 9.88 Å². The van der Waals surface area contributed by atoms with Gasteiger partial charge in [0.25, 0.3) is 0 Å². The Balaban J connectivity index is 1.65. The van der Waals surface area contributed by atoms with Gasteiger partial charge in [0.1, 0.15) is 22.9 Å². The second-order valence-corrected chi connectivity index (χ2v) is 11.8. The molecular formula is C26H29F3N4O3S. The Bertz CT molecular complexity index is 1450. The van der Waals surface area contributed by atoms with Crippen LogP contribution >= 0.6 is 0 Å². The SMILES string of the molecule is CC(C)N1CC(C)(C)Oc2c(F)cc(-c3nc(Cc4ccc(CCS(N)(=O)=O)c(F)c4)ncc3F)cc21. The van der Waals surface area contributed by atoms with Gasteiger partial charge < -0.3 is 9.64 Å². The summed E-state index contributed by atoms with van der Waals surface area (Å²) in [4.78, 5) is 10.3. The van der Waals surface area contributed by atoms with Crippen LogP contribution in [-0.2, 0) is 22.9 Å². The summed E-state index contributed by atoms with van der Waals surface area (Å²) in [7, 11) is -3.72. The molecule has 0 saturated heterocycles. The summed E-state index contributed by atoms with van der Waals surface area (Å²) in [6.07, 6.45) is 1.04. The van der Waals surface area contributed by atoms with Gasteiger partial charge in [0.2, 0.25) is 10.0 Å². The Hall–Kier alpha value is -3.18. The van der Waals surface area contributed by atoms with Crippen LogP contribution in [0.2, 0.25) is 0 Å². The number of rotatable bonds is 7. The van der Waals surface area contributed by atoms with E-state index >= 15 is 4.39 Å². The van der Waals surface area contributed by atoms with Crippen molar-refractivity contribution in [3.8, 4) is 17.0 Å². The minimum Gasteiger partial charge on any atom is -0.481 e. The highest BCUT2D eigenvalue weighted by molar-refractivity contribution is 7.89. The van der Waals surface area contributed by atoms with Crippen molar-refractivity contribution in [3.63, 3.8) is 0 Å². The van der Waals surface area contributed by atoms with Crippen LogP contribution in [0, 0.1) is 17.5 Å². The van der Waals surface area contributed by atoms with Crippen molar-refractivity contribution in [1.82, 2.24) is 9.97 Å². The van der Waals surface area contributed by atoms with Crippen molar-refractivity contribution in [2.45, 2.75) is 52.2 Å². The highest BCUT2D eigenvalue weighted by Crippen LogP contribution is 2.42. The number of ether oxygens (including phenoxy) is 1. The first-order chi connectivity index (χ1) is 17.2. The van der Waals surface area contributed by atoms with Crippen molar-refractivity contribution < 1.29 is 26.3 Å². The number of sulfonamides is 1. The molecule has 2 N–H and O–H groups in total. The van der Waals surface area contributed by atoms with E-state index in [2.05, 4.69) is 9.97 Å². The molecule has 4 rings (SSSR count). The van der Waals surface area contributed by atoms with E-state index in [0.717, 1.165) is 6.20 Å². The number of aromatic nitrogens is 2. The van der Waals surface area contributed by atoms with Crippen molar-refractivity contribution in [2.75, 3.05) is 17.2 Å². The van der Waals surface area contributed by atoms with E-state index in [1.165, 1.54) is 18.2 Å². The second kappa shape index (κ2) is 9.94. The summed E-state index contributed by atoms with van der Waals surface area (Å²) in [5, 5.41) is 4.99. The van der Waals surface area contributed by atoms with Gasteiger partial charge in [0, 0.05) is 18.0 Å². The molecule has 7 nitrogen and oxygen atoms in total. The van der Waals surface area contributed by atoms with E-state index < -0.39 is 33.1 Å². The van der Waals surface area contributed by atoms with Gasteiger partial charge in [-0.15, -0.1) is 0 Å². The molecule has 0 bridgehead atoms. The van der Waals surface area contributed by atoms with Crippen LogP contribution in [0.3, 0.4) is 0 Å². The second-order valence-electron chi connectivity index (χ2n) is 10.1. The fraction of sp³-hybridized carbons (Fsp3) is 0.385. The molecule has 0 spiro atoms. The monoisotopic (exact) mass is 534 g/mol. The number of primary sulfonamides is 1. The zero-order chi connectivity index (χ0) is 27.1. The van der Waals surface area contributed by atoms with Gasteiger partial charge in [-0.3, -0.25) is 0 Å². The number of hydrogen-bond acceptors (Lipinski definition) is 6. The van der Waals surface area contributed by atoms with Gasteiger partial charge in [-0.1, -0.05) is 12.1 Å². The molecule has 0 unspecified atom stereocenters. The zero-order valence-electron chi connectivity index (χ0n) is 21.1. The first kappa shape index (κ1) is 26.9. The zero-order valence-corrected chi connectivity index (χ0v) is 21.9. The Morgan fingerprint density at radius 2 is 1.84 bits per heavy atom. The largest absolute Gasteiger partial charge is 0.481 e. The average molecular weight is 535 g/mol. The molecule has 1 aliphatic heterocycles. The molecule has 0 saturated carbocycles. The third-order valence-corrected chi connectivity index (χ3v) is 6.86. The summed E-state index contributed by atoms with van der Waals surface area (Å²) in [5.41, 5.74) is 0.786. The molecule has 0 radical (unpaired) electrons. The maximum atomic E-state index is 15.2. The lowest BCUT2D eigenvalue weighted by atomic mass is 10.0. The van der Waals surface area contributed by atoms with Gasteiger partial charge in [-0.05, 0) is 63.4 Å². The molecule has 1 aliphatic rings. The number of aryl methyl sites for hydroxylation is 1. The lowest BCUT2D eigenvalue weighted by Crippen LogP contribution is -2.49. The Labute approximate surface area is 214 Å². The minimum absolute atomic E-state index is 0.0465. The molecule has 11 heteroatoms. The highest BCUT2D eigenvalue weighted by atomic mass is 32.2. The molecule has 1 aromatic heterocycles. The van der Waals surface area contributed by atoms with Crippen LogP contribution in [-0.4, -0.2) is 42.3 Å². The van der Waals surface area contributed by atoms with E-state index in [9.17, 15) is 17.2 Å². The highest BCUT2D eigenvalue weighted by Gasteiger charge is 2.35. The average Bonchev–Trinajstić information content (AvgIpc) is 2.78. The van der Waals surface area contributed by atoms with Crippen molar-refractivity contribution in [3.05, 3.63) is 70.9 Å². The molecule has 37 heavy (non-hydrogen) atoms. The number of fused-ring (bicyclic) bond motifs is 1. The Morgan fingerprint density at radius 3 is 2.49 bits per heavy atom. The number of anilines is 1. The molecule has 0 fully saturated rings. The fourth-order valence-corrected chi connectivity index (χ4v) is 4.83. The molecule has 2 heterocycles. The molecule has 2 aromatic carbocycles. The first-order valence-corrected chi connectivity index (χ1v) is 13.5. The number of hydrogen-bond donors (Lipinski definition) is 1. The van der Waals surface area contributed by atoms with E-state index in [-0.39, 0.29) is 53.0 Å². The predicted molar refractivity (Wildman–Crippen MR) is 135 cm³/mol. The lowest BCUT2D eigenvalue weighted by Gasteiger charge is -2.43. The molecule has 3 aromatic rings. The molecule has 0 amide bonds. The maximum absolute atomic E-state index is 15.2. The molecule has 0 atom stereocenters. The number of nitrogens with zero attached hydrogens (tertiary/aromatic N) is 3. The van der Waals surface area contributed by atoms with Gasteiger partial charge in [-0.2, -0.15) is 0 Å². The van der Waals surface area contributed by atoms with Crippen molar-refractivity contribution in [1.29, 1.82) is 0 Å². The van der Waals surface area contributed by atoms with Gasteiger partial charge in [0.05, 0.1) is 24.2 Å². The standard InChI is InChI=1S/C26H29F3N4O3S/c1-15(2)33-14-26(3,4)36-25-20(28)11-18(12-22(25)33)24-21(29)13-31-23(32-24)10-16-5-6-17(19(27)9-16)7-8-37(30,34)35/h5-6,9,11-13,15H,7-8,10,14H2,1-4H3,(H2,30,34,35). The smallest absolute Gasteiger partial charge is 0.209 e. The van der Waals surface area contributed by atoms with Crippen LogP contribution < -0.4 is 14.8 Å². The summed E-state index contributed by atoms with van der Waals surface area (Å²) in [6.45, 7) is 8.25. The van der Waals surface area contributed by atoms with E-state index in [1.54, 1.807) is 12.1 Å². The van der Waals surface area contributed by atoms with Gasteiger partial charge >= 0.3 is 0 Å². The summed E-state index contributed by atoms with van der Waals surface area (Å²) in [6, 6.07) is 7.23. The number of nitrogens with two attached hydrogens (primary N) is 1. The molecular weight excluding hydrogens is 505 g/mol. The first-order valence-electron chi connectivity index (χ1n) is 11.8. The van der Waals surface area contributed by atoms with Crippen molar-refractivity contribution in [2.24, 2.45) is 5.14 Å². The Morgan fingerprint density at radius 1 is 1.11 bits per heavy atom. The quantitative estimate of drug-likeness (QED) is 0.484. The fourth-order valence-electron chi connectivity index (χ4n) is 4.32. The van der Waals surface area contributed by atoms with Crippen LogP contribution in [0.4, 0.5) is 18.9 Å². The van der Waals surface area contributed by atoms with Gasteiger partial charge in [-0.25, -0.2) is 36.7 Å². The van der Waals surface area contributed by atoms with Crippen LogP contribution in [0.15, 0.2) is 36.5 Å². The summed E-state index contributed by atoms with van der Waals surface area (Å²) < 4.78 is 72.7. The maximum Gasteiger partial charge on any atom is 0.209 e. The lowest BCUT2D eigenvalue weighted by molar-refractivity contribution is 0.0967. The van der Waals surface area contributed by atoms with E-state index in [0.29, 0.717) is 17.8 Å². The van der Waals surface area contributed by atoms with Crippen LogP contribution in [0.5, 0.6) is 5.75 Å². The van der Waals surface area contributed by atoms with Gasteiger partial charge in [0.15, 0.2) is 17.4 Å². The molecule has 0 aliphatic carbocycles. The predicted octanol–water partition coefficient (Wildman–Crippen LogP) is 4.37. The normalized spacial score (nSPS) is 15.0. The van der Waals surface area contributed by atoms with Crippen molar-refractivity contribution >= 4 is 15.7 Å². The van der Waals surface area contributed by atoms with Crippen LogP contribution in [0.25, 0.3) is 11.3 Å². The minimum atomic E-state index is -3.72. The van der Waals surface area contributed by atoms with Crippen LogP contribution in [0.1, 0.15) is 44.6 Å². The summed E-state index contributed by atoms with van der Waals surface area (Å²) >= 11 is 0. The van der Waals surface area contributed by atoms with E-state index in [1.807, 2.05) is 32.6 Å². The number of halogens is 3. The third-order valence-electron chi connectivity index (χ3n) is 6.09.